The average Bonchev–Trinajstić information content (AvgIpc) is 2.65. The molecule has 1 atom stereocenters. The minimum absolute atomic E-state index is 0.0452. The number of hydrogen-bond acceptors (Lipinski definition) is 5. The van der Waals surface area contributed by atoms with Crippen LogP contribution >= 0.6 is 0 Å². The molecular formula is C18H25N3O3. The maximum Gasteiger partial charge on any atom is 0.253 e. The number of piperidine rings is 1. The summed E-state index contributed by atoms with van der Waals surface area (Å²) in [6, 6.07) is 5.31. The third-order valence-corrected chi connectivity index (χ3v) is 4.29. The van der Waals surface area contributed by atoms with Gasteiger partial charge >= 0.3 is 0 Å². The van der Waals surface area contributed by atoms with Crippen molar-refractivity contribution in [3.8, 4) is 11.8 Å². The summed E-state index contributed by atoms with van der Waals surface area (Å²) in [5, 5.41) is 13.2. The molecule has 1 amide bonds. The zero-order valence-electron chi connectivity index (χ0n) is 14.2. The Labute approximate surface area is 143 Å². The van der Waals surface area contributed by atoms with E-state index in [9.17, 15) is 9.90 Å². The molecule has 1 aromatic carbocycles. The predicted molar refractivity (Wildman–Crippen MR) is 92.3 cm³/mol. The maximum absolute atomic E-state index is 12.8. The van der Waals surface area contributed by atoms with Crippen LogP contribution in [0.3, 0.4) is 0 Å². The minimum Gasteiger partial charge on any atom is -0.364 e. The van der Waals surface area contributed by atoms with E-state index in [1.165, 1.54) is 7.11 Å². The molecule has 0 bridgehead atoms. The standard InChI is InChI=1S/C18H25N3O3/c1-21(15-7-10-20-11-8-15)17(22)14-5-6-16(18(23)24-2)13(12-14)4-3-9-19/h5-6,12,15,18,20,23H,7-11,19H2,1-2H3. The number of rotatable bonds is 4. The van der Waals surface area contributed by atoms with Crippen molar-refractivity contribution in [2.75, 3.05) is 33.8 Å². The molecule has 130 valence electrons. The van der Waals surface area contributed by atoms with Crippen molar-refractivity contribution in [2.24, 2.45) is 5.73 Å². The van der Waals surface area contributed by atoms with Gasteiger partial charge in [0.05, 0.1) is 6.54 Å². The predicted octanol–water partition coefficient (Wildman–Crippen LogP) is 0.458. The van der Waals surface area contributed by atoms with E-state index in [0.717, 1.165) is 25.9 Å². The largest absolute Gasteiger partial charge is 0.364 e. The van der Waals surface area contributed by atoms with Crippen LogP contribution in [0, 0.1) is 11.8 Å². The molecule has 0 aliphatic carbocycles. The van der Waals surface area contributed by atoms with Gasteiger partial charge in [-0.25, -0.2) is 0 Å². The summed E-state index contributed by atoms with van der Waals surface area (Å²) in [4.78, 5) is 14.6. The van der Waals surface area contributed by atoms with E-state index in [1.54, 1.807) is 23.1 Å². The summed E-state index contributed by atoms with van der Waals surface area (Å²) in [7, 11) is 3.25. The molecule has 1 heterocycles. The maximum atomic E-state index is 12.8. The van der Waals surface area contributed by atoms with Crippen molar-refractivity contribution in [1.29, 1.82) is 0 Å². The Hall–Kier alpha value is -1.91. The number of benzene rings is 1. The molecule has 1 aromatic rings. The third-order valence-electron chi connectivity index (χ3n) is 4.29. The first-order chi connectivity index (χ1) is 11.6. The van der Waals surface area contributed by atoms with Crippen LogP contribution in [0.1, 0.15) is 40.6 Å². The van der Waals surface area contributed by atoms with Crippen LogP contribution in [0.15, 0.2) is 18.2 Å². The SMILES string of the molecule is COC(O)c1ccc(C(=O)N(C)C2CCNCC2)cc1C#CCN. The van der Waals surface area contributed by atoms with Gasteiger partial charge in [-0.15, -0.1) is 0 Å². The second kappa shape index (κ2) is 8.81. The summed E-state index contributed by atoms with van der Waals surface area (Å²) < 4.78 is 4.95. The van der Waals surface area contributed by atoms with E-state index in [-0.39, 0.29) is 18.5 Å². The fraction of sp³-hybridized carbons (Fsp3) is 0.500. The number of nitrogens with one attached hydrogen (secondary N) is 1. The van der Waals surface area contributed by atoms with Gasteiger partial charge in [0.15, 0.2) is 6.29 Å². The van der Waals surface area contributed by atoms with E-state index in [0.29, 0.717) is 16.7 Å². The van der Waals surface area contributed by atoms with Crippen LogP contribution in [-0.4, -0.2) is 55.7 Å². The topological polar surface area (TPSA) is 87.8 Å². The highest BCUT2D eigenvalue weighted by Crippen LogP contribution is 2.21. The van der Waals surface area contributed by atoms with Crippen LogP contribution < -0.4 is 11.1 Å². The Kier molecular flexibility index (Phi) is 6.76. The Balaban J connectivity index is 2.27. The first-order valence-electron chi connectivity index (χ1n) is 8.10. The zero-order chi connectivity index (χ0) is 17.5. The first kappa shape index (κ1) is 18.4. The number of carbonyl (C=O) groups excluding carboxylic acids is 1. The van der Waals surface area contributed by atoms with Gasteiger partial charge in [-0.2, -0.15) is 0 Å². The normalized spacial score (nSPS) is 16.2. The molecule has 0 aromatic heterocycles. The second-order valence-electron chi connectivity index (χ2n) is 5.79. The molecule has 0 saturated carbocycles. The molecule has 0 radical (unpaired) electrons. The lowest BCUT2D eigenvalue weighted by Crippen LogP contribution is -2.44. The number of carbonyl (C=O) groups is 1. The molecule has 1 unspecified atom stereocenters. The molecule has 4 N–H and O–H groups in total. The molecule has 1 aliphatic rings. The van der Waals surface area contributed by atoms with Crippen LogP contribution in [0.2, 0.25) is 0 Å². The van der Waals surface area contributed by atoms with Crippen molar-refractivity contribution in [3.63, 3.8) is 0 Å². The van der Waals surface area contributed by atoms with Crippen LogP contribution in [0.5, 0.6) is 0 Å². The van der Waals surface area contributed by atoms with Crippen molar-refractivity contribution in [1.82, 2.24) is 10.2 Å². The summed E-state index contributed by atoms with van der Waals surface area (Å²) >= 11 is 0. The van der Waals surface area contributed by atoms with E-state index in [1.807, 2.05) is 7.05 Å². The molecule has 6 heteroatoms. The number of aliphatic hydroxyl groups excluding tert-OH is 1. The number of nitrogens with zero attached hydrogens (tertiary/aromatic N) is 1. The van der Waals surface area contributed by atoms with Gasteiger partial charge in [-0.3, -0.25) is 4.79 Å². The van der Waals surface area contributed by atoms with E-state index in [4.69, 9.17) is 10.5 Å². The number of hydrogen-bond donors (Lipinski definition) is 3. The number of ether oxygens (including phenoxy) is 1. The van der Waals surface area contributed by atoms with Gasteiger partial charge in [0.2, 0.25) is 0 Å². The van der Waals surface area contributed by atoms with Gasteiger partial charge in [-0.1, -0.05) is 17.9 Å². The lowest BCUT2D eigenvalue weighted by atomic mass is 10.0. The van der Waals surface area contributed by atoms with E-state index >= 15 is 0 Å². The highest BCUT2D eigenvalue weighted by molar-refractivity contribution is 5.94. The molecule has 6 nitrogen and oxygen atoms in total. The summed E-state index contributed by atoms with van der Waals surface area (Å²) in [6.45, 7) is 2.05. The van der Waals surface area contributed by atoms with Crippen molar-refractivity contribution < 1.29 is 14.6 Å². The highest BCUT2D eigenvalue weighted by Gasteiger charge is 2.23. The van der Waals surface area contributed by atoms with Gasteiger partial charge in [-0.05, 0) is 38.1 Å². The van der Waals surface area contributed by atoms with Crippen LogP contribution in [-0.2, 0) is 4.74 Å². The molecule has 1 aliphatic heterocycles. The monoisotopic (exact) mass is 331 g/mol. The molecule has 0 spiro atoms. The van der Waals surface area contributed by atoms with Gasteiger partial charge in [0, 0.05) is 36.9 Å². The smallest absolute Gasteiger partial charge is 0.253 e. The molecule has 24 heavy (non-hydrogen) atoms. The Morgan fingerprint density at radius 2 is 2.21 bits per heavy atom. The van der Waals surface area contributed by atoms with Crippen LogP contribution in [0.25, 0.3) is 0 Å². The van der Waals surface area contributed by atoms with Gasteiger partial charge in [0.1, 0.15) is 0 Å². The molecule has 1 saturated heterocycles. The Morgan fingerprint density at radius 1 is 1.50 bits per heavy atom. The fourth-order valence-corrected chi connectivity index (χ4v) is 2.85. The summed E-state index contributed by atoms with van der Waals surface area (Å²) in [6.07, 6.45) is 0.809. The number of nitrogens with two attached hydrogens (primary N) is 1. The van der Waals surface area contributed by atoms with Crippen molar-refractivity contribution in [3.05, 3.63) is 34.9 Å². The average molecular weight is 331 g/mol. The lowest BCUT2D eigenvalue weighted by Gasteiger charge is -2.31. The van der Waals surface area contributed by atoms with Crippen LogP contribution in [0.4, 0.5) is 0 Å². The third kappa shape index (κ3) is 4.34. The molecular weight excluding hydrogens is 306 g/mol. The van der Waals surface area contributed by atoms with E-state index in [2.05, 4.69) is 17.2 Å². The summed E-state index contributed by atoms with van der Waals surface area (Å²) in [5.74, 6) is 5.62. The second-order valence-corrected chi connectivity index (χ2v) is 5.79. The lowest BCUT2D eigenvalue weighted by molar-refractivity contribution is -0.0771. The number of methoxy groups -OCH3 is 1. The van der Waals surface area contributed by atoms with Gasteiger partial charge in [0.25, 0.3) is 5.91 Å². The number of aliphatic hydroxyl groups is 1. The van der Waals surface area contributed by atoms with E-state index < -0.39 is 6.29 Å². The zero-order valence-corrected chi connectivity index (χ0v) is 14.2. The fourth-order valence-electron chi connectivity index (χ4n) is 2.85. The highest BCUT2D eigenvalue weighted by atomic mass is 16.6. The minimum atomic E-state index is -1.08. The first-order valence-corrected chi connectivity index (χ1v) is 8.10. The Morgan fingerprint density at radius 3 is 2.83 bits per heavy atom. The van der Waals surface area contributed by atoms with Gasteiger partial charge < -0.3 is 25.8 Å². The number of amides is 1. The van der Waals surface area contributed by atoms with Crippen molar-refractivity contribution >= 4 is 5.91 Å². The van der Waals surface area contributed by atoms with Crippen molar-refractivity contribution in [2.45, 2.75) is 25.2 Å². The Bertz CT molecular complexity index is 630. The summed E-state index contributed by atoms with van der Waals surface area (Å²) in [5.41, 5.74) is 7.06. The molecule has 1 fully saturated rings. The molecule has 2 rings (SSSR count). The quantitative estimate of drug-likeness (QED) is 0.551.